The van der Waals surface area contributed by atoms with Gasteiger partial charge in [-0.05, 0) is 48.5 Å². The molecular weight excluding hydrogens is 463 g/mol. The second-order valence-electron chi connectivity index (χ2n) is 6.23. The molecule has 6 nitrogen and oxygen atoms in total. The molecule has 2 amide bonds. The highest BCUT2D eigenvalue weighted by atomic mass is 35.5. The number of esters is 1. The number of anilines is 2. The van der Waals surface area contributed by atoms with E-state index in [4.69, 9.17) is 39.5 Å². The minimum absolute atomic E-state index is 0.0911. The van der Waals surface area contributed by atoms with Gasteiger partial charge in [-0.3, -0.25) is 9.59 Å². The fourth-order valence-corrected chi connectivity index (χ4v) is 3.19. The van der Waals surface area contributed by atoms with Gasteiger partial charge in [-0.15, -0.1) is 0 Å². The van der Waals surface area contributed by atoms with Crippen LogP contribution in [0, 0.1) is 0 Å². The van der Waals surface area contributed by atoms with E-state index in [-0.39, 0.29) is 27.0 Å². The summed E-state index contributed by atoms with van der Waals surface area (Å²) < 4.78 is 5.08. The molecule has 0 spiro atoms. The maximum Gasteiger partial charge on any atom is 0.340 e. The summed E-state index contributed by atoms with van der Waals surface area (Å²) in [7, 11) is 0. The summed E-state index contributed by atoms with van der Waals surface area (Å²) in [5.41, 5.74) is 0.918. The third kappa shape index (κ3) is 5.98. The molecule has 31 heavy (non-hydrogen) atoms. The molecule has 0 saturated heterocycles. The molecule has 0 radical (unpaired) electrons. The summed E-state index contributed by atoms with van der Waals surface area (Å²) >= 11 is 17.8. The minimum atomic E-state index is -0.785. The maximum absolute atomic E-state index is 12.5. The van der Waals surface area contributed by atoms with Gasteiger partial charge in [0.15, 0.2) is 6.61 Å². The van der Waals surface area contributed by atoms with Crippen LogP contribution in [-0.4, -0.2) is 24.4 Å². The Labute approximate surface area is 193 Å². The van der Waals surface area contributed by atoms with Crippen molar-refractivity contribution in [3.8, 4) is 0 Å². The van der Waals surface area contributed by atoms with Gasteiger partial charge >= 0.3 is 5.97 Å². The van der Waals surface area contributed by atoms with Crippen molar-refractivity contribution in [1.82, 2.24) is 0 Å². The molecule has 0 unspecified atom stereocenters. The molecule has 0 fully saturated rings. The van der Waals surface area contributed by atoms with Crippen LogP contribution in [-0.2, 0) is 9.53 Å². The van der Waals surface area contributed by atoms with Crippen LogP contribution >= 0.6 is 34.8 Å². The molecule has 0 aliphatic carbocycles. The number of halogens is 3. The van der Waals surface area contributed by atoms with Gasteiger partial charge in [0, 0.05) is 10.6 Å². The van der Waals surface area contributed by atoms with Gasteiger partial charge in [-0.1, -0.05) is 53.0 Å². The number of amides is 2. The monoisotopic (exact) mass is 476 g/mol. The Kier molecular flexibility index (Phi) is 7.52. The van der Waals surface area contributed by atoms with E-state index >= 15 is 0 Å². The Morgan fingerprint density at radius 2 is 1.42 bits per heavy atom. The van der Waals surface area contributed by atoms with E-state index in [1.54, 1.807) is 60.7 Å². The molecule has 3 rings (SSSR count). The first-order valence-electron chi connectivity index (χ1n) is 8.92. The number of ether oxygens (including phenoxy) is 1. The quantitative estimate of drug-likeness (QED) is 0.446. The van der Waals surface area contributed by atoms with Crippen molar-refractivity contribution < 1.29 is 19.1 Å². The molecule has 0 bridgehead atoms. The standard InChI is InChI=1S/C22H15Cl3N2O4/c23-14-10-8-13(9-11-14)21(29)26-18-7-2-1-4-15(18)22(30)31-12-19(28)27-20-16(24)5-3-6-17(20)25/h1-11H,12H2,(H,26,29)(H,27,28). The Bertz CT molecular complexity index is 1110. The van der Waals surface area contributed by atoms with E-state index in [2.05, 4.69) is 10.6 Å². The summed E-state index contributed by atoms with van der Waals surface area (Å²) in [6.07, 6.45) is 0. The van der Waals surface area contributed by atoms with E-state index in [1.807, 2.05) is 0 Å². The molecule has 0 aliphatic rings. The van der Waals surface area contributed by atoms with Crippen LogP contribution in [0.25, 0.3) is 0 Å². The fraction of sp³-hybridized carbons (Fsp3) is 0.0455. The molecule has 0 atom stereocenters. The summed E-state index contributed by atoms with van der Waals surface area (Å²) in [4.78, 5) is 37.1. The van der Waals surface area contributed by atoms with Gasteiger partial charge in [0.1, 0.15) is 0 Å². The fourth-order valence-electron chi connectivity index (χ4n) is 2.57. The average Bonchev–Trinajstić information content (AvgIpc) is 2.75. The predicted molar refractivity (Wildman–Crippen MR) is 121 cm³/mol. The number of hydrogen-bond donors (Lipinski definition) is 2. The minimum Gasteiger partial charge on any atom is -0.452 e. The molecule has 0 saturated carbocycles. The van der Waals surface area contributed by atoms with Crippen LogP contribution in [0.5, 0.6) is 0 Å². The number of hydrogen-bond acceptors (Lipinski definition) is 4. The molecule has 2 N–H and O–H groups in total. The molecule has 158 valence electrons. The topological polar surface area (TPSA) is 84.5 Å². The predicted octanol–water partition coefficient (Wildman–Crippen LogP) is 5.69. The lowest BCUT2D eigenvalue weighted by atomic mass is 10.1. The maximum atomic E-state index is 12.5. The number of para-hydroxylation sites is 2. The summed E-state index contributed by atoms with van der Waals surface area (Å²) in [5.74, 6) is -1.83. The van der Waals surface area contributed by atoms with Crippen LogP contribution in [0.4, 0.5) is 11.4 Å². The summed E-state index contributed by atoms with van der Waals surface area (Å²) in [6, 6.07) is 17.3. The molecule has 0 heterocycles. The molecular formula is C22H15Cl3N2O4. The molecule has 9 heteroatoms. The van der Waals surface area contributed by atoms with E-state index < -0.39 is 24.4 Å². The SMILES string of the molecule is O=C(COC(=O)c1ccccc1NC(=O)c1ccc(Cl)cc1)Nc1c(Cl)cccc1Cl. The number of carbonyl (C=O) groups is 3. The normalized spacial score (nSPS) is 10.3. The first kappa shape index (κ1) is 22.6. The third-order valence-electron chi connectivity index (χ3n) is 4.06. The zero-order valence-electron chi connectivity index (χ0n) is 15.8. The van der Waals surface area contributed by atoms with E-state index in [1.165, 1.54) is 6.07 Å². The highest BCUT2D eigenvalue weighted by Gasteiger charge is 2.17. The Hall–Kier alpha value is -3.06. The smallest absolute Gasteiger partial charge is 0.340 e. The zero-order chi connectivity index (χ0) is 22.4. The summed E-state index contributed by atoms with van der Waals surface area (Å²) in [5, 5.41) is 6.15. The van der Waals surface area contributed by atoms with Gasteiger partial charge in [0.2, 0.25) is 0 Å². The van der Waals surface area contributed by atoms with Gasteiger partial charge in [-0.25, -0.2) is 4.79 Å². The number of rotatable bonds is 6. The van der Waals surface area contributed by atoms with E-state index in [0.29, 0.717) is 10.6 Å². The van der Waals surface area contributed by atoms with Crippen molar-refractivity contribution in [3.63, 3.8) is 0 Å². The lowest BCUT2D eigenvalue weighted by molar-refractivity contribution is -0.119. The van der Waals surface area contributed by atoms with Crippen molar-refractivity contribution in [1.29, 1.82) is 0 Å². The molecule has 3 aromatic carbocycles. The molecule has 0 aliphatic heterocycles. The third-order valence-corrected chi connectivity index (χ3v) is 4.95. The highest BCUT2D eigenvalue weighted by molar-refractivity contribution is 6.39. The molecule has 0 aromatic heterocycles. The first-order valence-corrected chi connectivity index (χ1v) is 10.1. The van der Waals surface area contributed by atoms with Crippen LogP contribution in [0.2, 0.25) is 15.1 Å². The first-order chi connectivity index (χ1) is 14.8. The Morgan fingerprint density at radius 3 is 2.10 bits per heavy atom. The second kappa shape index (κ2) is 10.3. The van der Waals surface area contributed by atoms with Crippen molar-refractivity contribution in [2.24, 2.45) is 0 Å². The van der Waals surface area contributed by atoms with Crippen LogP contribution in [0.1, 0.15) is 20.7 Å². The van der Waals surface area contributed by atoms with Crippen LogP contribution < -0.4 is 10.6 Å². The number of benzene rings is 3. The number of carbonyl (C=O) groups excluding carboxylic acids is 3. The van der Waals surface area contributed by atoms with Gasteiger partial charge in [-0.2, -0.15) is 0 Å². The Morgan fingerprint density at radius 1 is 0.774 bits per heavy atom. The Balaban J connectivity index is 1.65. The van der Waals surface area contributed by atoms with Crippen LogP contribution in [0.15, 0.2) is 66.7 Å². The summed E-state index contributed by atoms with van der Waals surface area (Å²) in [6.45, 7) is -0.570. The van der Waals surface area contributed by atoms with Gasteiger partial charge < -0.3 is 15.4 Å². The van der Waals surface area contributed by atoms with Gasteiger partial charge in [0.25, 0.3) is 11.8 Å². The zero-order valence-corrected chi connectivity index (χ0v) is 18.1. The lowest BCUT2D eigenvalue weighted by Crippen LogP contribution is -2.22. The number of nitrogens with one attached hydrogen (secondary N) is 2. The van der Waals surface area contributed by atoms with Gasteiger partial charge in [0.05, 0.1) is 27.0 Å². The van der Waals surface area contributed by atoms with Crippen molar-refractivity contribution in [2.75, 3.05) is 17.2 Å². The molecule has 3 aromatic rings. The van der Waals surface area contributed by atoms with E-state index in [9.17, 15) is 14.4 Å². The highest BCUT2D eigenvalue weighted by Crippen LogP contribution is 2.29. The van der Waals surface area contributed by atoms with Crippen molar-refractivity contribution in [3.05, 3.63) is 92.9 Å². The lowest BCUT2D eigenvalue weighted by Gasteiger charge is -2.12. The van der Waals surface area contributed by atoms with Crippen LogP contribution in [0.3, 0.4) is 0 Å². The van der Waals surface area contributed by atoms with Crippen molar-refractivity contribution in [2.45, 2.75) is 0 Å². The largest absolute Gasteiger partial charge is 0.452 e. The van der Waals surface area contributed by atoms with Crippen molar-refractivity contribution >= 4 is 64.0 Å². The second-order valence-corrected chi connectivity index (χ2v) is 7.48. The average molecular weight is 478 g/mol. The van der Waals surface area contributed by atoms with E-state index in [0.717, 1.165) is 0 Å².